The third-order valence-corrected chi connectivity index (χ3v) is 4.73. The molecule has 0 aliphatic carbocycles. The van der Waals surface area contributed by atoms with Crippen LogP contribution in [-0.4, -0.2) is 39.1 Å². The summed E-state index contributed by atoms with van der Waals surface area (Å²) in [6, 6.07) is -0.463. The molecule has 1 aliphatic heterocycles. The molecular weight excluding hydrogens is 471 g/mol. The topological polar surface area (TPSA) is 79.8 Å². The largest absolute Gasteiger partial charge is 0.451 e. The van der Waals surface area contributed by atoms with Crippen LogP contribution in [0, 0.1) is 0 Å². The average Bonchev–Trinajstić information content (AvgIpc) is 3.03. The van der Waals surface area contributed by atoms with Crippen molar-refractivity contribution in [2.24, 2.45) is 0 Å². The Morgan fingerprint density at radius 1 is 1.09 bits per heavy atom. The molecule has 0 saturated carbocycles. The fourth-order valence-corrected chi connectivity index (χ4v) is 3.07. The molecule has 0 aromatic carbocycles. The number of alkyl halides is 7. The van der Waals surface area contributed by atoms with Crippen LogP contribution >= 0.6 is 12.4 Å². The van der Waals surface area contributed by atoms with E-state index in [1.807, 2.05) is 0 Å². The van der Waals surface area contributed by atoms with Crippen LogP contribution < -0.4 is 10.6 Å². The third-order valence-electron chi connectivity index (χ3n) is 4.73. The highest BCUT2D eigenvalue weighted by molar-refractivity contribution is 5.85. The van der Waals surface area contributed by atoms with Crippen LogP contribution in [0.1, 0.15) is 30.3 Å². The minimum atomic E-state index is -4.79. The van der Waals surface area contributed by atoms with Crippen LogP contribution in [0.2, 0.25) is 0 Å². The molecule has 0 radical (unpaired) electrons. The number of rotatable bonds is 4. The first-order valence-electron chi connectivity index (χ1n) is 9.00. The van der Waals surface area contributed by atoms with Gasteiger partial charge in [0.25, 0.3) is 0 Å². The molecule has 3 heterocycles. The van der Waals surface area contributed by atoms with Gasteiger partial charge >= 0.3 is 12.4 Å². The lowest BCUT2D eigenvalue weighted by atomic mass is 10.1. The Morgan fingerprint density at radius 3 is 2.22 bits per heavy atom. The van der Waals surface area contributed by atoms with E-state index in [0.717, 1.165) is 18.5 Å². The highest BCUT2D eigenvalue weighted by Gasteiger charge is 2.37. The van der Waals surface area contributed by atoms with Crippen molar-refractivity contribution in [1.29, 1.82) is 0 Å². The summed E-state index contributed by atoms with van der Waals surface area (Å²) in [5.74, 6) is -2.07. The molecule has 1 amide bonds. The molecule has 0 bridgehead atoms. The zero-order valence-electron chi connectivity index (χ0n) is 16.3. The number of pyridine rings is 1. The van der Waals surface area contributed by atoms with Crippen LogP contribution in [0.4, 0.5) is 30.7 Å². The van der Waals surface area contributed by atoms with E-state index in [1.165, 1.54) is 0 Å². The molecule has 1 fully saturated rings. The molecule has 1 saturated heterocycles. The van der Waals surface area contributed by atoms with E-state index in [1.54, 1.807) is 6.92 Å². The van der Waals surface area contributed by atoms with Gasteiger partial charge in [0, 0.05) is 43.2 Å². The second-order valence-corrected chi connectivity index (χ2v) is 6.99. The third kappa shape index (κ3) is 5.82. The number of carbonyl (C=O) groups excluding carboxylic acids is 1. The fourth-order valence-electron chi connectivity index (χ4n) is 3.07. The van der Waals surface area contributed by atoms with E-state index in [2.05, 4.69) is 25.6 Å². The predicted molar refractivity (Wildman–Crippen MR) is 100 cm³/mol. The van der Waals surface area contributed by atoms with Gasteiger partial charge in [-0.2, -0.15) is 26.3 Å². The summed E-state index contributed by atoms with van der Waals surface area (Å²) < 4.78 is 91.3. The normalized spacial score (nSPS) is 21.2. The number of hydrogen-bond acceptors (Lipinski definition) is 5. The molecule has 176 valence electrons. The number of nitrogens with one attached hydrogen (secondary N) is 2. The number of nitrogens with zero attached hydrogens (tertiary/aromatic N) is 3. The van der Waals surface area contributed by atoms with Crippen molar-refractivity contribution in [3.63, 3.8) is 0 Å². The average molecular weight is 488 g/mol. The number of hydrogen-bond donors (Lipinski definition) is 2. The van der Waals surface area contributed by atoms with Gasteiger partial charge in [0.05, 0.1) is 17.3 Å². The second-order valence-electron chi connectivity index (χ2n) is 6.99. The van der Waals surface area contributed by atoms with Crippen molar-refractivity contribution >= 4 is 18.3 Å². The van der Waals surface area contributed by atoms with Gasteiger partial charge in [-0.05, 0) is 18.6 Å². The van der Waals surface area contributed by atoms with Crippen molar-refractivity contribution < 1.29 is 35.5 Å². The lowest BCUT2D eigenvalue weighted by Crippen LogP contribution is -2.42. The van der Waals surface area contributed by atoms with E-state index < -0.39 is 54.4 Å². The van der Waals surface area contributed by atoms with Crippen molar-refractivity contribution in [3.05, 3.63) is 41.6 Å². The van der Waals surface area contributed by atoms with Crippen LogP contribution in [-0.2, 0) is 23.7 Å². The maximum absolute atomic E-state index is 13.6. The van der Waals surface area contributed by atoms with Gasteiger partial charge in [-0.1, -0.05) is 0 Å². The van der Waals surface area contributed by atoms with Gasteiger partial charge in [-0.3, -0.25) is 9.78 Å². The Bertz CT molecular complexity index is 942. The van der Waals surface area contributed by atoms with E-state index in [-0.39, 0.29) is 35.6 Å². The summed E-state index contributed by atoms with van der Waals surface area (Å²) >= 11 is 0. The second kappa shape index (κ2) is 9.53. The molecule has 2 aromatic heterocycles. The standard InChI is InChI=1S/C18H16F7N5O.ClH/c1-8-12(19)3-14(30-8)15(31)27-4-9-2-13(26-7-11(9)17(20,21)22)10-5-28-16(29-6-10)18(23,24)25;/h2,5-8,12,14,30H,3-4H2,1H3,(H,27,31);1H/t8-,12+,14-;/m0./s1. The SMILES string of the molecule is C[C@@H]1N[C@H](C(=O)NCc2cc(-c3cnc(C(F)(F)F)nc3)ncc2C(F)(F)F)C[C@H]1F.Cl. The fraction of sp³-hybridized carbons (Fsp3) is 0.444. The summed E-state index contributed by atoms with van der Waals surface area (Å²) in [5.41, 5.74) is -1.64. The first-order chi connectivity index (χ1) is 14.4. The summed E-state index contributed by atoms with van der Waals surface area (Å²) in [7, 11) is 0. The van der Waals surface area contributed by atoms with Crippen molar-refractivity contribution in [1.82, 2.24) is 25.6 Å². The summed E-state index contributed by atoms with van der Waals surface area (Å²) in [6.07, 6.45) is -8.82. The Balaban J connectivity index is 0.00000363. The Hall–Kier alpha value is -2.54. The first kappa shape index (κ1) is 25.7. The molecule has 2 N–H and O–H groups in total. The molecule has 6 nitrogen and oxygen atoms in total. The number of amides is 1. The van der Waals surface area contributed by atoms with Crippen molar-refractivity contribution in [2.45, 2.75) is 50.5 Å². The van der Waals surface area contributed by atoms with Crippen LogP contribution in [0.15, 0.2) is 24.7 Å². The van der Waals surface area contributed by atoms with Crippen LogP contribution in [0.5, 0.6) is 0 Å². The molecule has 3 atom stereocenters. The zero-order valence-corrected chi connectivity index (χ0v) is 17.1. The Kier molecular flexibility index (Phi) is 7.66. The number of halogens is 8. The Labute approximate surface area is 183 Å². The van der Waals surface area contributed by atoms with Crippen molar-refractivity contribution in [3.8, 4) is 11.3 Å². The first-order valence-corrected chi connectivity index (χ1v) is 9.00. The van der Waals surface area contributed by atoms with Gasteiger partial charge in [-0.25, -0.2) is 14.4 Å². The summed E-state index contributed by atoms with van der Waals surface area (Å²) in [5, 5.41) is 5.04. The molecule has 3 rings (SSSR count). The minimum Gasteiger partial charge on any atom is -0.351 e. The molecule has 32 heavy (non-hydrogen) atoms. The van der Waals surface area contributed by atoms with Gasteiger partial charge < -0.3 is 10.6 Å². The van der Waals surface area contributed by atoms with E-state index in [0.29, 0.717) is 6.20 Å². The summed E-state index contributed by atoms with van der Waals surface area (Å²) in [4.78, 5) is 22.1. The quantitative estimate of drug-likeness (QED) is 0.643. The van der Waals surface area contributed by atoms with E-state index >= 15 is 0 Å². The van der Waals surface area contributed by atoms with Gasteiger partial charge in [0.2, 0.25) is 11.7 Å². The smallest absolute Gasteiger partial charge is 0.351 e. The maximum atomic E-state index is 13.6. The maximum Gasteiger partial charge on any atom is 0.451 e. The number of carbonyl (C=O) groups is 1. The lowest BCUT2D eigenvalue weighted by molar-refractivity contribution is -0.145. The Morgan fingerprint density at radius 2 is 1.72 bits per heavy atom. The molecule has 2 aromatic rings. The lowest BCUT2D eigenvalue weighted by Gasteiger charge is -2.16. The highest BCUT2D eigenvalue weighted by atomic mass is 35.5. The molecule has 1 aliphatic rings. The van der Waals surface area contributed by atoms with Crippen LogP contribution in [0.25, 0.3) is 11.3 Å². The van der Waals surface area contributed by atoms with Gasteiger partial charge in [0.1, 0.15) is 6.17 Å². The zero-order chi connectivity index (χ0) is 23.0. The predicted octanol–water partition coefficient (Wildman–Crippen LogP) is 3.70. The van der Waals surface area contributed by atoms with Gasteiger partial charge in [0.15, 0.2) is 0 Å². The molecular formula is C18H17ClF7N5O. The minimum absolute atomic E-state index is 0. The highest BCUT2D eigenvalue weighted by Crippen LogP contribution is 2.33. The van der Waals surface area contributed by atoms with E-state index in [9.17, 15) is 35.5 Å². The molecule has 0 spiro atoms. The summed E-state index contributed by atoms with van der Waals surface area (Å²) in [6.45, 7) is 0.995. The van der Waals surface area contributed by atoms with Crippen LogP contribution in [0.3, 0.4) is 0 Å². The molecule has 0 unspecified atom stereocenters. The monoisotopic (exact) mass is 487 g/mol. The molecule has 14 heteroatoms. The van der Waals surface area contributed by atoms with Crippen molar-refractivity contribution in [2.75, 3.05) is 0 Å². The van der Waals surface area contributed by atoms with E-state index in [4.69, 9.17) is 0 Å². The van der Waals surface area contributed by atoms with Gasteiger partial charge in [-0.15, -0.1) is 12.4 Å². The number of aromatic nitrogens is 3.